The van der Waals surface area contributed by atoms with E-state index in [2.05, 4.69) is 15.9 Å². The SMILES string of the molecule is CCOc1ccc(C(O)=C2C(=O)C(=O)N(Cc3ccco3)C2c2ccc(Br)cc2)cc1. The molecule has 158 valence electrons. The second-order valence-electron chi connectivity index (χ2n) is 7.02. The minimum Gasteiger partial charge on any atom is -0.507 e. The lowest BCUT2D eigenvalue weighted by atomic mass is 9.95. The zero-order valence-corrected chi connectivity index (χ0v) is 18.3. The first-order chi connectivity index (χ1) is 15.0. The van der Waals surface area contributed by atoms with Crippen molar-refractivity contribution in [3.8, 4) is 5.75 Å². The number of carbonyl (C=O) groups excluding carboxylic acids is 2. The second-order valence-corrected chi connectivity index (χ2v) is 7.93. The smallest absolute Gasteiger partial charge is 0.296 e. The van der Waals surface area contributed by atoms with Gasteiger partial charge >= 0.3 is 0 Å². The van der Waals surface area contributed by atoms with Gasteiger partial charge < -0.3 is 19.2 Å². The number of aliphatic hydroxyl groups excluding tert-OH is 1. The molecule has 0 aliphatic carbocycles. The molecule has 1 amide bonds. The van der Waals surface area contributed by atoms with E-state index in [1.807, 2.05) is 31.2 Å². The summed E-state index contributed by atoms with van der Waals surface area (Å²) in [5.41, 5.74) is 1.19. The molecule has 6 nitrogen and oxygen atoms in total. The number of nitrogens with zero attached hydrogens (tertiary/aromatic N) is 1. The third-order valence-electron chi connectivity index (χ3n) is 5.07. The van der Waals surface area contributed by atoms with Crippen molar-refractivity contribution in [1.82, 2.24) is 4.90 Å². The molecule has 1 N–H and O–H groups in total. The normalized spacial score (nSPS) is 17.9. The van der Waals surface area contributed by atoms with Crippen LogP contribution in [0.4, 0.5) is 0 Å². The van der Waals surface area contributed by atoms with Gasteiger partial charge in [-0.15, -0.1) is 0 Å². The molecule has 1 fully saturated rings. The molecule has 1 aliphatic rings. The summed E-state index contributed by atoms with van der Waals surface area (Å²) < 4.78 is 11.7. The van der Waals surface area contributed by atoms with Gasteiger partial charge in [-0.2, -0.15) is 0 Å². The van der Waals surface area contributed by atoms with Crippen molar-refractivity contribution in [1.29, 1.82) is 0 Å². The standard InChI is InChI=1S/C24H20BrNO5/c1-2-30-18-11-7-16(8-12-18)22(27)20-21(15-5-9-17(25)10-6-15)26(24(29)23(20)28)14-19-4-3-13-31-19/h3-13,21,27H,2,14H2,1H3. The number of benzene rings is 2. The molecule has 4 rings (SSSR count). The summed E-state index contributed by atoms with van der Waals surface area (Å²) in [6, 6.07) is 16.8. The molecule has 1 saturated heterocycles. The molecule has 7 heteroatoms. The summed E-state index contributed by atoms with van der Waals surface area (Å²) in [4.78, 5) is 27.4. The van der Waals surface area contributed by atoms with E-state index < -0.39 is 17.7 Å². The monoisotopic (exact) mass is 481 g/mol. The number of aliphatic hydroxyl groups is 1. The van der Waals surface area contributed by atoms with E-state index in [0.29, 0.717) is 29.2 Å². The van der Waals surface area contributed by atoms with Crippen LogP contribution in [0.25, 0.3) is 5.76 Å². The highest BCUT2D eigenvalue weighted by atomic mass is 79.9. The Balaban J connectivity index is 1.81. The second kappa shape index (κ2) is 8.81. The van der Waals surface area contributed by atoms with E-state index in [1.54, 1.807) is 36.4 Å². The lowest BCUT2D eigenvalue weighted by Crippen LogP contribution is -2.29. The van der Waals surface area contributed by atoms with Crippen molar-refractivity contribution in [2.24, 2.45) is 0 Å². The minimum atomic E-state index is -0.746. The number of furan rings is 1. The molecule has 1 aromatic heterocycles. The van der Waals surface area contributed by atoms with Gasteiger partial charge in [0.1, 0.15) is 17.3 Å². The summed E-state index contributed by atoms with van der Waals surface area (Å²) in [5, 5.41) is 11.1. The molecule has 31 heavy (non-hydrogen) atoms. The maximum atomic E-state index is 13.0. The number of hydrogen-bond donors (Lipinski definition) is 1. The van der Waals surface area contributed by atoms with E-state index >= 15 is 0 Å². The Morgan fingerprint density at radius 3 is 2.42 bits per heavy atom. The number of Topliss-reactive ketones (excluding diaryl/α,β-unsaturated/α-hetero) is 1. The molecular formula is C24H20BrNO5. The number of rotatable bonds is 6. The van der Waals surface area contributed by atoms with Crippen molar-refractivity contribution in [2.45, 2.75) is 19.5 Å². The Labute approximate surface area is 187 Å². The first-order valence-electron chi connectivity index (χ1n) is 9.79. The minimum absolute atomic E-state index is 0.0445. The van der Waals surface area contributed by atoms with Crippen molar-refractivity contribution in [3.05, 3.63) is 93.9 Å². The zero-order valence-electron chi connectivity index (χ0n) is 16.7. The summed E-state index contributed by atoms with van der Waals surface area (Å²) in [7, 11) is 0. The Kier molecular flexibility index (Phi) is 5.95. The van der Waals surface area contributed by atoms with Gasteiger partial charge in [0.05, 0.1) is 31.0 Å². The fourth-order valence-electron chi connectivity index (χ4n) is 3.64. The van der Waals surface area contributed by atoms with Gasteiger partial charge in [0.2, 0.25) is 0 Å². The quantitative estimate of drug-likeness (QED) is 0.302. The number of ether oxygens (including phenoxy) is 1. The molecule has 0 bridgehead atoms. The summed E-state index contributed by atoms with van der Waals surface area (Å²) >= 11 is 3.41. The molecule has 1 aliphatic heterocycles. The van der Waals surface area contributed by atoms with Crippen molar-refractivity contribution in [2.75, 3.05) is 6.61 Å². The molecule has 2 heterocycles. The Morgan fingerprint density at radius 2 is 1.81 bits per heavy atom. The number of amides is 1. The predicted octanol–water partition coefficient (Wildman–Crippen LogP) is 5.06. The van der Waals surface area contributed by atoms with Crippen LogP contribution < -0.4 is 4.74 Å². The Morgan fingerprint density at radius 1 is 1.10 bits per heavy atom. The third kappa shape index (κ3) is 4.14. The molecule has 3 aromatic rings. The lowest BCUT2D eigenvalue weighted by molar-refractivity contribution is -0.140. The Bertz CT molecular complexity index is 1120. The largest absolute Gasteiger partial charge is 0.507 e. The maximum Gasteiger partial charge on any atom is 0.296 e. The van der Waals surface area contributed by atoms with E-state index in [9.17, 15) is 14.7 Å². The van der Waals surface area contributed by atoms with Crippen LogP contribution in [0.5, 0.6) is 5.75 Å². The van der Waals surface area contributed by atoms with Crippen LogP contribution in [0.1, 0.15) is 29.9 Å². The molecule has 1 unspecified atom stereocenters. The van der Waals surface area contributed by atoms with Gasteiger partial charge in [-0.25, -0.2) is 0 Å². The van der Waals surface area contributed by atoms with E-state index in [-0.39, 0.29) is 17.9 Å². The number of halogens is 1. The molecule has 0 saturated carbocycles. The summed E-state index contributed by atoms with van der Waals surface area (Å²) in [5.74, 6) is -0.439. The van der Waals surface area contributed by atoms with Crippen LogP contribution >= 0.6 is 15.9 Å². The van der Waals surface area contributed by atoms with Crippen LogP contribution in [0.15, 0.2) is 81.4 Å². The summed E-state index contributed by atoms with van der Waals surface area (Å²) in [6.07, 6.45) is 1.51. The average Bonchev–Trinajstić information content (AvgIpc) is 3.37. The fraction of sp³-hybridized carbons (Fsp3) is 0.167. The molecule has 0 radical (unpaired) electrons. The first-order valence-corrected chi connectivity index (χ1v) is 10.6. The van der Waals surface area contributed by atoms with E-state index in [0.717, 1.165) is 4.47 Å². The topological polar surface area (TPSA) is 80.0 Å². The molecule has 1 atom stereocenters. The highest BCUT2D eigenvalue weighted by Crippen LogP contribution is 2.40. The summed E-state index contributed by atoms with van der Waals surface area (Å²) in [6.45, 7) is 2.51. The van der Waals surface area contributed by atoms with E-state index in [1.165, 1.54) is 11.2 Å². The highest BCUT2D eigenvalue weighted by Gasteiger charge is 2.46. The van der Waals surface area contributed by atoms with Gasteiger partial charge in [0.25, 0.3) is 11.7 Å². The first kappa shape index (κ1) is 20.9. The lowest BCUT2D eigenvalue weighted by Gasteiger charge is -2.24. The maximum absolute atomic E-state index is 13.0. The van der Waals surface area contributed by atoms with Crippen LogP contribution in [0.3, 0.4) is 0 Å². The molecule has 0 spiro atoms. The third-order valence-corrected chi connectivity index (χ3v) is 5.60. The average molecular weight is 482 g/mol. The molecule has 2 aromatic carbocycles. The van der Waals surface area contributed by atoms with Gasteiger partial charge in [-0.3, -0.25) is 9.59 Å². The van der Waals surface area contributed by atoms with Gasteiger partial charge in [0, 0.05) is 10.0 Å². The molecular weight excluding hydrogens is 462 g/mol. The van der Waals surface area contributed by atoms with E-state index in [4.69, 9.17) is 9.15 Å². The van der Waals surface area contributed by atoms with Crippen molar-refractivity contribution >= 4 is 33.4 Å². The highest BCUT2D eigenvalue weighted by molar-refractivity contribution is 9.10. The van der Waals surface area contributed by atoms with Gasteiger partial charge in [-0.05, 0) is 61.0 Å². The van der Waals surface area contributed by atoms with Crippen LogP contribution in [0, 0.1) is 0 Å². The number of carbonyl (C=O) groups is 2. The van der Waals surface area contributed by atoms with Crippen molar-refractivity contribution < 1.29 is 23.8 Å². The van der Waals surface area contributed by atoms with Crippen molar-refractivity contribution in [3.63, 3.8) is 0 Å². The number of ketones is 1. The number of likely N-dealkylation sites (tertiary alicyclic amines) is 1. The van der Waals surface area contributed by atoms with Gasteiger partial charge in [0.15, 0.2) is 0 Å². The van der Waals surface area contributed by atoms with Crippen LogP contribution in [-0.4, -0.2) is 28.3 Å². The van der Waals surface area contributed by atoms with Crippen LogP contribution in [-0.2, 0) is 16.1 Å². The zero-order chi connectivity index (χ0) is 22.0. The van der Waals surface area contributed by atoms with Crippen LogP contribution in [0.2, 0.25) is 0 Å². The number of hydrogen-bond acceptors (Lipinski definition) is 5. The predicted molar refractivity (Wildman–Crippen MR) is 118 cm³/mol. The Hall–Kier alpha value is -3.32. The van der Waals surface area contributed by atoms with Gasteiger partial charge in [-0.1, -0.05) is 28.1 Å². The fourth-order valence-corrected chi connectivity index (χ4v) is 3.90.